The molecule has 0 spiro atoms. The van der Waals surface area contributed by atoms with Crippen LogP contribution in [0.1, 0.15) is 0 Å². The number of hydrogen-bond acceptors (Lipinski definition) is 1. The summed E-state index contributed by atoms with van der Waals surface area (Å²) in [6.07, 6.45) is 0. The van der Waals surface area contributed by atoms with Crippen LogP contribution in [-0.2, 0) is 19.6 Å². The molecule has 3 radical (unpaired) electrons. The first kappa shape index (κ1) is 16.5. The molecule has 0 aliphatic heterocycles. The van der Waals surface area contributed by atoms with Gasteiger partial charge in [0.15, 0.2) is 0 Å². The second-order valence-corrected chi connectivity index (χ2v) is 0. The van der Waals surface area contributed by atoms with Crippen molar-refractivity contribution in [2.75, 3.05) is 0 Å². The summed E-state index contributed by atoms with van der Waals surface area (Å²) < 4.78 is 8.34. The van der Waals surface area contributed by atoms with Crippen LogP contribution in [0.3, 0.4) is 0 Å². The summed E-state index contributed by atoms with van der Waals surface area (Å²) in [5, 5.41) is 0. The standard InChI is InChI=1S/Na.Ni.O.Sn. The Kier molecular flexibility index (Phi) is 80.5. The molecule has 0 aromatic carbocycles. The van der Waals surface area contributed by atoms with Crippen LogP contribution in [0.5, 0.6) is 0 Å². The molecule has 0 fully saturated rings. The Balaban J connectivity index is -0.00000000500. The number of hydrogen-bond donors (Lipinski definition) is 0. The average molecular weight is 216 g/mol. The summed E-state index contributed by atoms with van der Waals surface area (Å²) in [5.41, 5.74) is 0. The molecule has 0 amide bonds. The Bertz CT molecular complexity index is 8.00. The van der Waals surface area contributed by atoms with Crippen molar-refractivity contribution in [3.63, 3.8) is 0 Å². The minimum absolute atomic E-state index is 0. The summed E-state index contributed by atoms with van der Waals surface area (Å²) in [4.78, 5) is 0. The zero-order chi connectivity index (χ0) is 2.00. The molecule has 0 rings (SSSR count). The van der Waals surface area contributed by atoms with Gasteiger partial charge in [-0.15, -0.1) is 0 Å². The van der Waals surface area contributed by atoms with Crippen LogP contribution < -0.4 is 0 Å². The Morgan fingerprint density at radius 1 is 1.25 bits per heavy atom. The first-order valence-corrected chi connectivity index (χ1v) is 1.37. The van der Waals surface area contributed by atoms with Gasteiger partial charge in [0.25, 0.3) is 0 Å². The van der Waals surface area contributed by atoms with Crippen LogP contribution in [0, 0.1) is 0 Å². The maximum absolute atomic E-state index is 8.34. The topological polar surface area (TPSA) is 17.1 Å². The second-order valence-electron chi connectivity index (χ2n) is 0. The van der Waals surface area contributed by atoms with E-state index in [2.05, 4.69) is 0 Å². The van der Waals surface area contributed by atoms with E-state index in [0.717, 1.165) is 0 Å². The summed E-state index contributed by atoms with van der Waals surface area (Å²) in [6.45, 7) is 0. The van der Waals surface area contributed by atoms with Crippen molar-refractivity contribution in [2.24, 2.45) is 0 Å². The zero-order valence-corrected chi connectivity index (χ0v) is 8.07. The summed E-state index contributed by atoms with van der Waals surface area (Å²) >= 11 is 0.300. The van der Waals surface area contributed by atoms with E-state index in [-0.39, 0.29) is 46.0 Å². The third kappa shape index (κ3) is 8.94. The van der Waals surface area contributed by atoms with Gasteiger partial charge in [-0.2, -0.15) is 0 Å². The molecular weight excluding hydrogens is 216 g/mol. The molecule has 0 saturated carbocycles. The fraction of sp³-hybridized carbons (Fsp3) is 0. The van der Waals surface area contributed by atoms with Gasteiger partial charge >= 0.3 is 25.6 Å². The summed E-state index contributed by atoms with van der Waals surface area (Å²) in [6, 6.07) is 0. The molecule has 1 nitrogen and oxygen atoms in total. The quantitative estimate of drug-likeness (QED) is 0.481. The molecule has 21 valence electrons. The Hall–Kier alpha value is 2.09. The van der Waals surface area contributed by atoms with Gasteiger partial charge in [0.1, 0.15) is 0 Å². The zero-order valence-electron chi connectivity index (χ0n) is 2.22. The SMILES string of the molecule is [Na].[Ni].[O]=[Sn]. The van der Waals surface area contributed by atoms with Gasteiger partial charge < -0.3 is 0 Å². The molecule has 0 aromatic heterocycles. The third-order valence-electron chi connectivity index (χ3n) is 0. The predicted molar refractivity (Wildman–Crippen MR) is 12.2 cm³/mol. The van der Waals surface area contributed by atoms with Crippen molar-refractivity contribution in [1.82, 2.24) is 0 Å². The van der Waals surface area contributed by atoms with E-state index in [4.69, 9.17) is 3.08 Å². The van der Waals surface area contributed by atoms with Crippen LogP contribution in [0.2, 0.25) is 0 Å². The summed E-state index contributed by atoms with van der Waals surface area (Å²) in [7, 11) is 0. The Morgan fingerprint density at radius 2 is 1.25 bits per heavy atom. The van der Waals surface area contributed by atoms with Gasteiger partial charge in [0.2, 0.25) is 0 Å². The average Bonchev–Trinajstić information content (AvgIpc) is 1.00. The maximum atomic E-state index is 8.34. The van der Waals surface area contributed by atoms with E-state index in [9.17, 15) is 0 Å². The molecule has 4 heteroatoms. The molecule has 0 saturated heterocycles. The third-order valence-corrected chi connectivity index (χ3v) is 0. The molecule has 0 N–H and O–H groups in total. The van der Waals surface area contributed by atoms with Crippen molar-refractivity contribution in [3.05, 3.63) is 0 Å². The van der Waals surface area contributed by atoms with E-state index >= 15 is 0 Å². The van der Waals surface area contributed by atoms with Crippen molar-refractivity contribution < 1.29 is 19.6 Å². The molecule has 0 unspecified atom stereocenters. The minimum atomic E-state index is 0. The normalized spacial score (nSPS) is 1.00. The van der Waals surface area contributed by atoms with Crippen molar-refractivity contribution in [3.8, 4) is 0 Å². The second kappa shape index (κ2) is 19.5. The van der Waals surface area contributed by atoms with E-state index in [1.165, 1.54) is 0 Å². The molecule has 0 aromatic rings. The number of rotatable bonds is 0. The van der Waals surface area contributed by atoms with Gasteiger partial charge in [-0.1, -0.05) is 0 Å². The van der Waals surface area contributed by atoms with E-state index < -0.39 is 0 Å². The van der Waals surface area contributed by atoms with Gasteiger partial charge in [-0.05, 0) is 0 Å². The van der Waals surface area contributed by atoms with Crippen molar-refractivity contribution in [1.29, 1.82) is 0 Å². The van der Waals surface area contributed by atoms with Crippen LogP contribution in [0.25, 0.3) is 0 Å². The summed E-state index contributed by atoms with van der Waals surface area (Å²) in [5.74, 6) is 0. The van der Waals surface area contributed by atoms with Gasteiger partial charge in [0.05, 0.1) is 0 Å². The van der Waals surface area contributed by atoms with Gasteiger partial charge in [-0.25, -0.2) is 0 Å². The Morgan fingerprint density at radius 3 is 1.25 bits per heavy atom. The molecule has 0 bridgehead atoms. The predicted octanol–water partition coefficient (Wildman–Crippen LogP) is -0.883. The van der Waals surface area contributed by atoms with Crippen LogP contribution >= 0.6 is 0 Å². The molecule has 0 aliphatic rings. The first-order valence-electron chi connectivity index (χ1n) is 0.204. The molecule has 0 aliphatic carbocycles. The van der Waals surface area contributed by atoms with E-state index in [1.54, 1.807) is 0 Å². The Labute approximate surface area is 70.6 Å². The molecule has 4 heavy (non-hydrogen) atoms. The first-order chi connectivity index (χ1) is 1.00. The van der Waals surface area contributed by atoms with Crippen LogP contribution in [0.15, 0.2) is 0 Å². The van der Waals surface area contributed by atoms with Crippen molar-refractivity contribution >= 4 is 52.1 Å². The fourth-order valence-corrected chi connectivity index (χ4v) is 0. The van der Waals surface area contributed by atoms with E-state index in [0.29, 0.717) is 22.5 Å². The molecular formula is NaNiOSn. The van der Waals surface area contributed by atoms with E-state index in [1.807, 2.05) is 0 Å². The van der Waals surface area contributed by atoms with Crippen LogP contribution in [0.4, 0.5) is 0 Å². The van der Waals surface area contributed by atoms with Crippen molar-refractivity contribution in [2.45, 2.75) is 0 Å². The van der Waals surface area contributed by atoms with Crippen LogP contribution in [-0.4, -0.2) is 52.1 Å². The molecule has 0 atom stereocenters. The fourth-order valence-electron chi connectivity index (χ4n) is 0. The molecule has 0 heterocycles. The van der Waals surface area contributed by atoms with Gasteiger partial charge in [0, 0.05) is 46.0 Å². The van der Waals surface area contributed by atoms with Gasteiger partial charge in [-0.3, -0.25) is 0 Å². The monoisotopic (exact) mass is 217 g/mol.